The van der Waals surface area contributed by atoms with Crippen LogP contribution in [0.2, 0.25) is 0 Å². The summed E-state index contributed by atoms with van der Waals surface area (Å²) < 4.78 is 16.3. The van der Waals surface area contributed by atoms with Gasteiger partial charge in [-0.1, -0.05) is 33.3 Å². The third-order valence-corrected chi connectivity index (χ3v) is 4.17. The summed E-state index contributed by atoms with van der Waals surface area (Å²) in [6.45, 7) is 10.8. The maximum atomic E-state index is 11.8. The quantitative estimate of drug-likeness (QED) is 0.331. The van der Waals surface area contributed by atoms with E-state index in [9.17, 15) is 9.59 Å². The summed E-state index contributed by atoms with van der Waals surface area (Å²) in [6.07, 6.45) is 4.95. The van der Waals surface area contributed by atoms with Gasteiger partial charge in [0.2, 0.25) is 0 Å². The highest BCUT2D eigenvalue weighted by molar-refractivity contribution is 5.89. The lowest BCUT2D eigenvalue weighted by atomic mass is 10.1. The first-order valence-corrected chi connectivity index (χ1v) is 9.91. The van der Waals surface area contributed by atoms with E-state index in [0.29, 0.717) is 30.6 Å². The van der Waals surface area contributed by atoms with E-state index in [4.69, 9.17) is 14.2 Å². The van der Waals surface area contributed by atoms with Crippen molar-refractivity contribution in [2.75, 3.05) is 19.8 Å². The van der Waals surface area contributed by atoms with Gasteiger partial charge in [0.15, 0.2) is 18.1 Å². The van der Waals surface area contributed by atoms with Gasteiger partial charge in [-0.15, -0.1) is 0 Å². The summed E-state index contributed by atoms with van der Waals surface area (Å²) in [4.78, 5) is 23.6. The zero-order valence-corrected chi connectivity index (χ0v) is 17.6. The van der Waals surface area contributed by atoms with E-state index in [0.717, 1.165) is 18.4 Å². The number of rotatable bonds is 12. The van der Waals surface area contributed by atoms with Crippen LogP contribution in [0.1, 0.15) is 53.0 Å². The Kier molecular flexibility index (Phi) is 10.8. The van der Waals surface area contributed by atoms with Crippen LogP contribution in [0, 0.1) is 5.92 Å². The largest absolute Gasteiger partial charge is 0.490 e. The van der Waals surface area contributed by atoms with E-state index < -0.39 is 5.97 Å². The predicted octanol–water partition coefficient (Wildman–Crippen LogP) is 3.98. The summed E-state index contributed by atoms with van der Waals surface area (Å²) in [5.41, 5.74) is 0.779. The van der Waals surface area contributed by atoms with E-state index >= 15 is 0 Å². The van der Waals surface area contributed by atoms with Crippen LogP contribution in [-0.4, -0.2) is 37.7 Å². The lowest BCUT2D eigenvalue weighted by Gasteiger charge is -2.17. The number of amides is 1. The number of carbonyl (C=O) groups excluding carboxylic acids is 2. The van der Waals surface area contributed by atoms with E-state index in [2.05, 4.69) is 12.2 Å². The first-order valence-electron chi connectivity index (χ1n) is 9.91. The lowest BCUT2D eigenvalue weighted by Crippen LogP contribution is -2.38. The molecule has 0 aliphatic heterocycles. The molecule has 6 nitrogen and oxygen atoms in total. The molecule has 1 atom stereocenters. The molecule has 6 heteroatoms. The van der Waals surface area contributed by atoms with Gasteiger partial charge in [-0.05, 0) is 50.0 Å². The van der Waals surface area contributed by atoms with Crippen LogP contribution in [0.15, 0.2) is 24.3 Å². The fourth-order valence-corrected chi connectivity index (χ4v) is 2.15. The molecule has 0 saturated carbocycles. The summed E-state index contributed by atoms with van der Waals surface area (Å²) in [7, 11) is 0. The van der Waals surface area contributed by atoms with Crippen LogP contribution >= 0.6 is 0 Å². The molecule has 0 saturated heterocycles. The van der Waals surface area contributed by atoms with Crippen molar-refractivity contribution in [2.45, 2.75) is 53.5 Å². The Morgan fingerprint density at radius 2 is 1.86 bits per heavy atom. The van der Waals surface area contributed by atoms with Crippen molar-refractivity contribution in [1.82, 2.24) is 5.32 Å². The molecular weight excluding hydrogens is 358 g/mol. The molecule has 156 valence electrons. The average molecular weight is 392 g/mol. The second-order valence-corrected chi connectivity index (χ2v) is 6.88. The van der Waals surface area contributed by atoms with Gasteiger partial charge >= 0.3 is 5.97 Å². The van der Waals surface area contributed by atoms with Gasteiger partial charge in [0, 0.05) is 12.1 Å². The van der Waals surface area contributed by atoms with Crippen molar-refractivity contribution in [3.63, 3.8) is 0 Å². The third kappa shape index (κ3) is 8.93. The highest BCUT2D eigenvalue weighted by atomic mass is 16.5. The Hall–Kier alpha value is -2.50. The fourth-order valence-electron chi connectivity index (χ4n) is 2.15. The van der Waals surface area contributed by atoms with Crippen molar-refractivity contribution in [3.05, 3.63) is 29.8 Å². The maximum absolute atomic E-state index is 11.8. The van der Waals surface area contributed by atoms with Crippen molar-refractivity contribution in [2.24, 2.45) is 5.92 Å². The maximum Gasteiger partial charge on any atom is 0.331 e. The second-order valence-electron chi connectivity index (χ2n) is 6.88. The number of carbonyl (C=O) groups is 2. The van der Waals surface area contributed by atoms with Crippen molar-refractivity contribution in [3.8, 4) is 11.5 Å². The molecule has 1 N–H and O–H groups in total. The number of esters is 1. The van der Waals surface area contributed by atoms with E-state index in [1.165, 1.54) is 6.08 Å². The summed E-state index contributed by atoms with van der Waals surface area (Å²) in [5.74, 6) is 0.749. The van der Waals surface area contributed by atoms with Crippen LogP contribution in [0.4, 0.5) is 0 Å². The minimum atomic E-state index is -0.575. The molecule has 0 spiro atoms. The average Bonchev–Trinajstić information content (AvgIpc) is 2.66. The summed E-state index contributed by atoms with van der Waals surface area (Å²) >= 11 is 0. The normalized spacial score (nSPS) is 12.1. The number of benzene rings is 1. The molecule has 1 aromatic rings. The standard InChI is InChI=1S/C22H33NO5/c1-6-8-13-27-19-11-9-18(14-20(19)26-7-2)10-12-22(25)28-15-21(24)23-17(5)16(3)4/h9-12,14,16-17H,6-8,13,15H2,1-5H3,(H,23,24)/b12-10+. The Balaban J connectivity index is 2.61. The number of hydrogen-bond acceptors (Lipinski definition) is 5. The van der Waals surface area contributed by atoms with Crippen LogP contribution < -0.4 is 14.8 Å². The second kappa shape index (κ2) is 12.8. The fraction of sp³-hybridized carbons (Fsp3) is 0.545. The highest BCUT2D eigenvalue weighted by Crippen LogP contribution is 2.29. The van der Waals surface area contributed by atoms with Gasteiger partial charge in [-0.2, -0.15) is 0 Å². The minimum absolute atomic E-state index is 0.0248. The molecule has 0 aromatic heterocycles. The molecule has 1 amide bonds. The lowest BCUT2D eigenvalue weighted by molar-refractivity contribution is -0.144. The molecule has 28 heavy (non-hydrogen) atoms. The third-order valence-electron chi connectivity index (χ3n) is 4.17. The first kappa shape index (κ1) is 23.5. The molecule has 0 radical (unpaired) electrons. The van der Waals surface area contributed by atoms with E-state index in [-0.39, 0.29) is 18.6 Å². The minimum Gasteiger partial charge on any atom is -0.490 e. The number of ether oxygens (including phenoxy) is 3. The van der Waals surface area contributed by atoms with Gasteiger partial charge in [0.1, 0.15) is 0 Å². The number of hydrogen-bond donors (Lipinski definition) is 1. The van der Waals surface area contributed by atoms with Crippen LogP contribution in [0.25, 0.3) is 6.08 Å². The molecular formula is C22H33NO5. The SMILES string of the molecule is CCCCOc1ccc(/C=C/C(=O)OCC(=O)NC(C)C(C)C)cc1OCC. The van der Waals surface area contributed by atoms with Gasteiger partial charge in [0.05, 0.1) is 13.2 Å². The van der Waals surface area contributed by atoms with Gasteiger partial charge < -0.3 is 19.5 Å². The summed E-state index contributed by atoms with van der Waals surface area (Å²) in [5, 5.41) is 2.79. The highest BCUT2D eigenvalue weighted by Gasteiger charge is 2.12. The van der Waals surface area contributed by atoms with Crippen LogP contribution in [-0.2, 0) is 14.3 Å². The Bertz CT molecular complexity index is 654. The number of nitrogens with one attached hydrogen (secondary N) is 1. The monoisotopic (exact) mass is 391 g/mol. The number of unbranched alkanes of at least 4 members (excludes halogenated alkanes) is 1. The molecule has 0 heterocycles. The zero-order chi connectivity index (χ0) is 20.9. The molecule has 0 fully saturated rings. The van der Waals surface area contributed by atoms with Gasteiger partial charge in [-0.3, -0.25) is 4.79 Å². The molecule has 1 aromatic carbocycles. The van der Waals surface area contributed by atoms with Crippen LogP contribution in [0.3, 0.4) is 0 Å². The Morgan fingerprint density at radius 3 is 2.50 bits per heavy atom. The molecule has 0 aliphatic rings. The Morgan fingerprint density at radius 1 is 1.11 bits per heavy atom. The molecule has 1 unspecified atom stereocenters. The Labute approximate surface area is 168 Å². The van der Waals surface area contributed by atoms with Gasteiger partial charge in [0.25, 0.3) is 5.91 Å². The van der Waals surface area contributed by atoms with Crippen molar-refractivity contribution >= 4 is 18.0 Å². The van der Waals surface area contributed by atoms with Crippen molar-refractivity contribution < 1.29 is 23.8 Å². The first-order chi connectivity index (χ1) is 13.4. The summed E-state index contributed by atoms with van der Waals surface area (Å²) in [6, 6.07) is 5.50. The smallest absolute Gasteiger partial charge is 0.331 e. The molecule has 0 aliphatic carbocycles. The van der Waals surface area contributed by atoms with Gasteiger partial charge in [-0.25, -0.2) is 4.79 Å². The van der Waals surface area contributed by atoms with Crippen molar-refractivity contribution in [1.29, 1.82) is 0 Å². The molecule has 0 bridgehead atoms. The van der Waals surface area contributed by atoms with E-state index in [1.807, 2.05) is 45.9 Å². The topological polar surface area (TPSA) is 73.9 Å². The van der Waals surface area contributed by atoms with E-state index in [1.54, 1.807) is 6.08 Å². The predicted molar refractivity (Wildman–Crippen MR) is 110 cm³/mol. The van der Waals surface area contributed by atoms with Crippen LogP contribution in [0.5, 0.6) is 11.5 Å². The molecule has 1 rings (SSSR count). The zero-order valence-electron chi connectivity index (χ0n) is 17.6.